The molecule has 2 aliphatic rings. The molecule has 2 aromatic rings. The SMILES string of the molecule is C[C@@H]1CN(c2ncc(Cl)c(N[C@H](C)c3ccc(Cl)cc3Cl)n2)CCN1C(=O)N1CCNCC1. The second-order valence-electron chi connectivity index (χ2n) is 8.41. The van der Waals surface area contributed by atoms with Crippen LogP contribution in [0.25, 0.3) is 0 Å². The fraction of sp³-hybridized carbons (Fsp3) is 0.500. The lowest BCUT2D eigenvalue weighted by molar-refractivity contribution is 0.125. The first-order chi connectivity index (χ1) is 15.8. The lowest BCUT2D eigenvalue weighted by atomic mass is 10.1. The zero-order valence-corrected chi connectivity index (χ0v) is 21.0. The lowest BCUT2D eigenvalue weighted by Crippen LogP contribution is -2.59. The Morgan fingerprint density at radius 3 is 2.61 bits per heavy atom. The maximum atomic E-state index is 12.9. The van der Waals surface area contributed by atoms with Gasteiger partial charge in [0, 0.05) is 61.9 Å². The van der Waals surface area contributed by atoms with E-state index in [9.17, 15) is 4.79 Å². The highest BCUT2D eigenvalue weighted by molar-refractivity contribution is 6.35. The van der Waals surface area contributed by atoms with Crippen LogP contribution in [0.4, 0.5) is 16.6 Å². The van der Waals surface area contributed by atoms with Crippen molar-refractivity contribution in [3.63, 3.8) is 0 Å². The average molecular weight is 513 g/mol. The number of aromatic nitrogens is 2. The van der Waals surface area contributed by atoms with Gasteiger partial charge < -0.3 is 25.3 Å². The quantitative estimate of drug-likeness (QED) is 0.641. The smallest absolute Gasteiger partial charge is 0.320 e. The number of hydrogen-bond donors (Lipinski definition) is 2. The van der Waals surface area contributed by atoms with E-state index in [1.807, 2.05) is 22.8 Å². The summed E-state index contributed by atoms with van der Waals surface area (Å²) in [6.45, 7) is 9.15. The highest BCUT2D eigenvalue weighted by Gasteiger charge is 2.32. The molecule has 0 radical (unpaired) electrons. The zero-order valence-electron chi connectivity index (χ0n) is 18.7. The molecule has 0 saturated carbocycles. The Morgan fingerprint density at radius 1 is 1.15 bits per heavy atom. The molecule has 11 heteroatoms. The Bertz CT molecular complexity index is 1000. The van der Waals surface area contributed by atoms with Crippen molar-refractivity contribution in [2.24, 2.45) is 0 Å². The largest absolute Gasteiger partial charge is 0.362 e. The first-order valence-corrected chi connectivity index (χ1v) is 12.2. The maximum absolute atomic E-state index is 12.9. The number of benzene rings is 1. The van der Waals surface area contributed by atoms with Crippen molar-refractivity contribution in [1.29, 1.82) is 0 Å². The summed E-state index contributed by atoms with van der Waals surface area (Å²) < 4.78 is 0. The molecule has 2 amide bonds. The van der Waals surface area contributed by atoms with Crippen LogP contribution in [0.2, 0.25) is 15.1 Å². The molecule has 2 N–H and O–H groups in total. The molecule has 2 saturated heterocycles. The van der Waals surface area contributed by atoms with E-state index in [-0.39, 0.29) is 18.1 Å². The Hall–Kier alpha value is -2.00. The van der Waals surface area contributed by atoms with E-state index in [0.29, 0.717) is 46.5 Å². The predicted molar refractivity (Wildman–Crippen MR) is 134 cm³/mol. The molecule has 2 fully saturated rings. The molecule has 8 nitrogen and oxygen atoms in total. The van der Waals surface area contributed by atoms with Gasteiger partial charge in [0.15, 0.2) is 5.82 Å². The van der Waals surface area contributed by atoms with Gasteiger partial charge in [0.05, 0.1) is 12.2 Å². The van der Waals surface area contributed by atoms with Crippen LogP contribution in [0.15, 0.2) is 24.4 Å². The van der Waals surface area contributed by atoms with Gasteiger partial charge in [-0.2, -0.15) is 4.98 Å². The molecule has 0 spiro atoms. The van der Waals surface area contributed by atoms with Crippen molar-refractivity contribution in [3.8, 4) is 0 Å². The molecule has 4 rings (SSSR count). The van der Waals surface area contributed by atoms with Crippen molar-refractivity contribution >= 4 is 52.6 Å². The van der Waals surface area contributed by atoms with E-state index in [2.05, 4.69) is 32.4 Å². The van der Waals surface area contributed by atoms with E-state index in [1.54, 1.807) is 18.3 Å². The minimum Gasteiger partial charge on any atom is -0.362 e. The lowest BCUT2D eigenvalue weighted by Gasteiger charge is -2.42. The van der Waals surface area contributed by atoms with E-state index in [4.69, 9.17) is 34.8 Å². The second-order valence-corrected chi connectivity index (χ2v) is 9.66. The minimum atomic E-state index is -0.137. The number of amides is 2. The van der Waals surface area contributed by atoms with Crippen LogP contribution in [-0.4, -0.2) is 77.7 Å². The van der Waals surface area contributed by atoms with Gasteiger partial charge in [-0.15, -0.1) is 0 Å². The Balaban J connectivity index is 1.44. The van der Waals surface area contributed by atoms with E-state index < -0.39 is 0 Å². The second kappa shape index (κ2) is 10.5. The van der Waals surface area contributed by atoms with Crippen molar-refractivity contribution in [2.75, 3.05) is 56.0 Å². The summed E-state index contributed by atoms with van der Waals surface area (Å²) in [5.41, 5.74) is 0.894. The maximum Gasteiger partial charge on any atom is 0.320 e. The molecule has 0 aliphatic carbocycles. The number of urea groups is 1. The number of carbonyl (C=O) groups is 1. The first-order valence-electron chi connectivity index (χ1n) is 11.1. The molecule has 3 heterocycles. The van der Waals surface area contributed by atoms with Gasteiger partial charge in [-0.3, -0.25) is 0 Å². The third kappa shape index (κ3) is 5.57. The summed E-state index contributed by atoms with van der Waals surface area (Å²) in [4.78, 5) is 28.0. The zero-order chi connectivity index (χ0) is 23.5. The number of nitrogens with zero attached hydrogens (tertiary/aromatic N) is 5. The molecule has 2 aliphatic heterocycles. The standard InChI is InChI=1S/C22H28Cl3N7O/c1-14-13-31(9-10-32(14)22(33)30-7-5-26-6-8-30)21-27-12-19(25)20(29-21)28-15(2)17-4-3-16(23)11-18(17)24/h3-4,11-12,14-15,26H,5-10,13H2,1-2H3,(H,27,28,29)/t14-,15-/m1/s1. The number of piperazine rings is 2. The number of carbonyl (C=O) groups excluding carboxylic acids is 1. The van der Waals surface area contributed by atoms with Crippen LogP contribution in [0.5, 0.6) is 0 Å². The minimum absolute atomic E-state index is 0.0450. The van der Waals surface area contributed by atoms with Gasteiger partial charge >= 0.3 is 6.03 Å². The molecule has 0 bridgehead atoms. The van der Waals surface area contributed by atoms with Gasteiger partial charge in [0.25, 0.3) is 0 Å². The molecule has 0 unspecified atom stereocenters. The predicted octanol–water partition coefficient (Wildman–Crippen LogP) is 4.15. The number of anilines is 2. The summed E-state index contributed by atoms with van der Waals surface area (Å²) in [7, 11) is 0. The van der Waals surface area contributed by atoms with Gasteiger partial charge in [-0.05, 0) is 31.5 Å². The molecular weight excluding hydrogens is 485 g/mol. The van der Waals surface area contributed by atoms with Crippen LogP contribution in [-0.2, 0) is 0 Å². The molecule has 2 atom stereocenters. The summed E-state index contributed by atoms with van der Waals surface area (Å²) >= 11 is 18.8. The summed E-state index contributed by atoms with van der Waals surface area (Å²) in [5.74, 6) is 1.12. The van der Waals surface area contributed by atoms with Crippen LogP contribution in [0.1, 0.15) is 25.5 Å². The van der Waals surface area contributed by atoms with Gasteiger partial charge in [-0.25, -0.2) is 9.78 Å². The van der Waals surface area contributed by atoms with Crippen LogP contribution < -0.4 is 15.5 Å². The summed E-state index contributed by atoms with van der Waals surface area (Å²) in [5, 5.41) is 8.21. The summed E-state index contributed by atoms with van der Waals surface area (Å²) in [6.07, 6.45) is 1.60. The highest BCUT2D eigenvalue weighted by Crippen LogP contribution is 2.31. The normalized spacial score (nSPS) is 20.0. The van der Waals surface area contributed by atoms with Crippen molar-refractivity contribution < 1.29 is 4.79 Å². The third-order valence-corrected chi connectivity index (χ3v) is 6.90. The Kier molecular flexibility index (Phi) is 7.69. The number of hydrogen-bond acceptors (Lipinski definition) is 6. The fourth-order valence-corrected chi connectivity index (χ4v) is 4.93. The van der Waals surface area contributed by atoms with E-state index >= 15 is 0 Å². The van der Waals surface area contributed by atoms with Gasteiger partial charge in [-0.1, -0.05) is 40.9 Å². The number of halogens is 3. The van der Waals surface area contributed by atoms with Crippen LogP contribution >= 0.6 is 34.8 Å². The number of rotatable bonds is 4. The van der Waals surface area contributed by atoms with Crippen LogP contribution in [0.3, 0.4) is 0 Å². The monoisotopic (exact) mass is 511 g/mol. The Morgan fingerprint density at radius 2 is 1.91 bits per heavy atom. The summed E-state index contributed by atoms with van der Waals surface area (Å²) in [6, 6.07) is 5.42. The van der Waals surface area contributed by atoms with Gasteiger partial charge in [0.1, 0.15) is 5.02 Å². The van der Waals surface area contributed by atoms with Crippen molar-refractivity contribution in [2.45, 2.75) is 25.9 Å². The Labute approximate surface area is 209 Å². The molecule has 178 valence electrons. The van der Waals surface area contributed by atoms with E-state index in [1.165, 1.54) is 0 Å². The molecule has 1 aromatic carbocycles. The fourth-order valence-electron chi connectivity index (χ4n) is 4.21. The molecule has 1 aromatic heterocycles. The third-order valence-electron chi connectivity index (χ3n) is 6.06. The number of nitrogens with one attached hydrogen (secondary N) is 2. The molecular formula is C22H28Cl3N7O. The average Bonchev–Trinajstić information content (AvgIpc) is 2.80. The van der Waals surface area contributed by atoms with Crippen molar-refractivity contribution in [3.05, 3.63) is 45.0 Å². The molecule has 33 heavy (non-hydrogen) atoms. The van der Waals surface area contributed by atoms with E-state index in [0.717, 1.165) is 31.7 Å². The highest BCUT2D eigenvalue weighted by atomic mass is 35.5. The van der Waals surface area contributed by atoms with Crippen molar-refractivity contribution in [1.82, 2.24) is 25.1 Å². The van der Waals surface area contributed by atoms with Crippen LogP contribution in [0, 0.1) is 0 Å². The first kappa shape index (κ1) is 24.1. The van der Waals surface area contributed by atoms with Gasteiger partial charge in [0.2, 0.25) is 5.95 Å². The topological polar surface area (TPSA) is 76.6 Å².